The Balaban J connectivity index is 2.49. The molecule has 2 aromatic rings. The van der Waals surface area contributed by atoms with Crippen molar-refractivity contribution in [1.82, 2.24) is 9.97 Å². The van der Waals surface area contributed by atoms with Crippen molar-refractivity contribution in [3.8, 4) is 17.5 Å². The summed E-state index contributed by atoms with van der Waals surface area (Å²) in [7, 11) is 0. The number of nitrogens with one attached hydrogen (secondary N) is 1. The van der Waals surface area contributed by atoms with Crippen molar-refractivity contribution in [3.63, 3.8) is 0 Å². The van der Waals surface area contributed by atoms with Crippen LogP contribution in [0.3, 0.4) is 0 Å². The van der Waals surface area contributed by atoms with E-state index in [0.29, 0.717) is 5.56 Å². The van der Waals surface area contributed by atoms with Crippen LogP contribution >= 0.6 is 0 Å². The third-order valence-corrected chi connectivity index (χ3v) is 1.76. The van der Waals surface area contributed by atoms with Gasteiger partial charge in [0.2, 0.25) is 0 Å². The molecule has 1 aromatic carbocycles. The number of aromatic amines is 1. The van der Waals surface area contributed by atoms with Crippen LogP contribution in [0.2, 0.25) is 0 Å². The topological polar surface area (TPSA) is 52.5 Å². The second kappa shape index (κ2) is 3.11. The zero-order valence-corrected chi connectivity index (χ0v) is 6.86. The van der Waals surface area contributed by atoms with Crippen LogP contribution in [0.4, 0.5) is 0 Å². The maximum Gasteiger partial charge on any atom is 0.137 e. The Morgan fingerprint density at radius 2 is 2.31 bits per heavy atom. The first kappa shape index (κ1) is 7.56. The van der Waals surface area contributed by atoms with Gasteiger partial charge in [-0.3, -0.25) is 0 Å². The first-order chi connectivity index (χ1) is 6.40. The number of imidazole rings is 1. The molecule has 0 aliphatic heterocycles. The molecule has 1 N–H and O–H groups in total. The van der Waals surface area contributed by atoms with E-state index in [9.17, 15) is 0 Å². The van der Waals surface area contributed by atoms with Crippen molar-refractivity contribution in [2.45, 2.75) is 0 Å². The van der Waals surface area contributed by atoms with Crippen LogP contribution in [0.1, 0.15) is 5.56 Å². The summed E-state index contributed by atoms with van der Waals surface area (Å²) >= 11 is 0. The summed E-state index contributed by atoms with van der Waals surface area (Å²) in [5, 5.41) is 8.68. The Bertz CT molecular complexity index is 437. The predicted octanol–water partition coefficient (Wildman–Crippen LogP) is 1.95. The number of aromatic nitrogens is 2. The summed E-state index contributed by atoms with van der Waals surface area (Å²) < 4.78 is 0. The molecule has 2 rings (SSSR count). The Morgan fingerprint density at radius 1 is 1.38 bits per heavy atom. The minimum absolute atomic E-state index is 0.647. The first-order valence-corrected chi connectivity index (χ1v) is 3.90. The summed E-state index contributed by atoms with van der Waals surface area (Å²) in [4.78, 5) is 7.08. The van der Waals surface area contributed by atoms with Crippen molar-refractivity contribution in [2.24, 2.45) is 0 Å². The highest BCUT2D eigenvalue weighted by Crippen LogP contribution is 2.14. The van der Waals surface area contributed by atoms with Gasteiger partial charge in [-0.25, -0.2) is 4.98 Å². The molecule has 0 atom stereocenters. The van der Waals surface area contributed by atoms with Crippen LogP contribution in [0.15, 0.2) is 36.7 Å². The molecule has 1 heterocycles. The van der Waals surface area contributed by atoms with Gasteiger partial charge in [0.25, 0.3) is 0 Å². The molecule has 0 aliphatic rings. The molecule has 0 spiro atoms. The van der Waals surface area contributed by atoms with Crippen molar-refractivity contribution in [2.75, 3.05) is 0 Å². The molecule has 0 unspecified atom stereocenters. The van der Waals surface area contributed by atoms with Gasteiger partial charge in [-0.2, -0.15) is 5.26 Å². The summed E-state index contributed by atoms with van der Waals surface area (Å²) in [5.74, 6) is 0.789. The van der Waals surface area contributed by atoms with E-state index in [2.05, 4.69) is 16.0 Å². The fraction of sp³-hybridized carbons (Fsp3) is 0. The highest BCUT2D eigenvalue weighted by molar-refractivity contribution is 5.57. The predicted molar refractivity (Wildman–Crippen MR) is 48.7 cm³/mol. The fourth-order valence-corrected chi connectivity index (χ4v) is 1.16. The SMILES string of the molecule is N#Cc1cccc(-c2ncc[nH]2)c1. The van der Waals surface area contributed by atoms with E-state index in [1.807, 2.05) is 12.1 Å². The maximum absolute atomic E-state index is 8.68. The summed E-state index contributed by atoms with van der Waals surface area (Å²) in [6.07, 6.45) is 3.45. The smallest absolute Gasteiger partial charge is 0.137 e. The van der Waals surface area contributed by atoms with E-state index in [1.165, 1.54) is 0 Å². The Kier molecular flexibility index (Phi) is 1.81. The minimum atomic E-state index is 0.647. The molecule has 0 amide bonds. The number of hydrogen-bond donors (Lipinski definition) is 1. The Morgan fingerprint density at radius 3 is 3.00 bits per heavy atom. The lowest BCUT2D eigenvalue weighted by Gasteiger charge is -1.95. The normalized spacial score (nSPS) is 9.46. The summed E-state index contributed by atoms with van der Waals surface area (Å²) in [6, 6.07) is 9.42. The van der Waals surface area contributed by atoms with Gasteiger partial charge in [-0.05, 0) is 12.1 Å². The molecular weight excluding hydrogens is 162 g/mol. The van der Waals surface area contributed by atoms with E-state index in [-0.39, 0.29) is 0 Å². The fourth-order valence-electron chi connectivity index (χ4n) is 1.16. The van der Waals surface area contributed by atoms with E-state index in [4.69, 9.17) is 5.26 Å². The van der Waals surface area contributed by atoms with Crippen LogP contribution in [0, 0.1) is 11.3 Å². The van der Waals surface area contributed by atoms with Gasteiger partial charge in [0.15, 0.2) is 0 Å². The standard InChI is InChI=1S/C10H7N3/c11-7-8-2-1-3-9(6-8)10-12-4-5-13-10/h1-6H,(H,12,13). The molecule has 0 bridgehead atoms. The molecule has 0 saturated carbocycles. The zero-order valence-electron chi connectivity index (χ0n) is 6.86. The van der Waals surface area contributed by atoms with E-state index < -0.39 is 0 Å². The molecule has 0 radical (unpaired) electrons. The zero-order chi connectivity index (χ0) is 9.10. The van der Waals surface area contributed by atoms with Gasteiger partial charge in [0, 0.05) is 18.0 Å². The largest absolute Gasteiger partial charge is 0.345 e. The van der Waals surface area contributed by atoms with Gasteiger partial charge < -0.3 is 4.98 Å². The third-order valence-electron chi connectivity index (χ3n) is 1.76. The molecule has 62 valence electrons. The van der Waals surface area contributed by atoms with Crippen LogP contribution in [-0.2, 0) is 0 Å². The summed E-state index contributed by atoms with van der Waals surface area (Å²) in [5.41, 5.74) is 1.58. The lowest BCUT2D eigenvalue weighted by molar-refractivity contribution is 1.31. The highest BCUT2D eigenvalue weighted by atomic mass is 14.9. The van der Waals surface area contributed by atoms with Crippen LogP contribution in [0.25, 0.3) is 11.4 Å². The second-order valence-electron chi connectivity index (χ2n) is 2.63. The van der Waals surface area contributed by atoms with Crippen LogP contribution in [-0.4, -0.2) is 9.97 Å². The van der Waals surface area contributed by atoms with Crippen molar-refractivity contribution in [3.05, 3.63) is 42.2 Å². The molecule has 3 heteroatoms. The lowest BCUT2D eigenvalue weighted by atomic mass is 10.1. The number of benzene rings is 1. The van der Waals surface area contributed by atoms with Gasteiger partial charge in [-0.1, -0.05) is 12.1 Å². The van der Waals surface area contributed by atoms with Crippen molar-refractivity contribution >= 4 is 0 Å². The molecule has 0 aliphatic carbocycles. The number of nitriles is 1. The van der Waals surface area contributed by atoms with Crippen LogP contribution in [0.5, 0.6) is 0 Å². The second-order valence-corrected chi connectivity index (χ2v) is 2.63. The van der Waals surface area contributed by atoms with Crippen molar-refractivity contribution < 1.29 is 0 Å². The number of rotatable bonds is 1. The lowest BCUT2D eigenvalue weighted by Crippen LogP contribution is -1.81. The van der Waals surface area contributed by atoms with Gasteiger partial charge in [0.1, 0.15) is 5.82 Å². The number of H-pyrrole nitrogens is 1. The van der Waals surface area contributed by atoms with Gasteiger partial charge in [0.05, 0.1) is 11.6 Å². The number of hydrogen-bond acceptors (Lipinski definition) is 2. The van der Waals surface area contributed by atoms with Gasteiger partial charge in [-0.15, -0.1) is 0 Å². The Labute approximate surface area is 75.7 Å². The molecule has 1 aromatic heterocycles. The monoisotopic (exact) mass is 169 g/mol. The van der Waals surface area contributed by atoms with Crippen LogP contribution < -0.4 is 0 Å². The molecule has 0 saturated heterocycles. The first-order valence-electron chi connectivity index (χ1n) is 3.90. The van der Waals surface area contributed by atoms with E-state index >= 15 is 0 Å². The maximum atomic E-state index is 8.68. The third kappa shape index (κ3) is 1.42. The van der Waals surface area contributed by atoms with Gasteiger partial charge >= 0.3 is 0 Å². The summed E-state index contributed by atoms with van der Waals surface area (Å²) in [6.45, 7) is 0. The molecule has 3 nitrogen and oxygen atoms in total. The molecule has 13 heavy (non-hydrogen) atoms. The minimum Gasteiger partial charge on any atom is -0.345 e. The number of nitrogens with zero attached hydrogens (tertiary/aromatic N) is 2. The van der Waals surface area contributed by atoms with Crippen molar-refractivity contribution in [1.29, 1.82) is 5.26 Å². The quantitative estimate of drug-likeness (QED) is 0.709. The molecular formula is C10H7N3. The molecule has 0 fully saturated rings. The highest BCUT2D eigenvalue weighted by Gasteiger charge is 1.99. The average Bonchev–Trinajstić information content (AvgIpc) is 2.71. The average molecular weight is 169 g/mol. The van der Waals surface area contributed by atoms with E-state index in [1.54, 1.807) is 24.5 Å². The Hall–Kier alpha value is -2.08. The van der Waals surface area contributed by atoms with E-state index in [0.717, 1.165) is 11.4 Å².